The molecule has 3 rings (SSSR count). The van der Waals surface area contributed by atoms with E-state index in [1.54, 1.807) is 0 Å². The molecule has 29 heavy (non-hydrogen) atoms. The predicted octanol–water partition coefficient (Wildman–Crippen LogP) is 7.94. The summed E-state index contributed by atoms with van der Waals surface area (Å²) in [6, 6.07) is 12.2. The van der Waals surface area contributed by atoms with Gasteiger partial charge in [-0.1, -0.05) is 62.9 Å². The average molecular weight is 401 g/mol. The van der Waals surface area contributed by atoms with Crippen molar-refractivity contribution in [2.24, 2.45) is 5.92 Å². The molecule has 0 radical (unpaired) electrons. The van der Waals surface area contributed by atoms with Gasteiger partial charge in [-0.25, -0.2) is 8.78 Å². The zero-order valence-corrected chi connectivity index (χ0v) is 17.8. The fourth-order valence-electron chi connectivity index (χ4n) is 4.68. The fourth-order valence-corrected chi connectivity index (χ4v) is 4.68. The first-order valence-corrected chi connectivity index (χ1v) is 11.3. The molecule has 0 amide bonds. The number of benzene rings is 2. The van der Waals surface area contributed by atoms with E-state index in [-0.39, 0.29) is 5.56 Å². The lowest BCUT2D eigenvalue weighted by Gasteiger charge is -2.29. The van der Waals surface area contributed by atoms with Gasteiger partial charge in [0.25, 0.3) is 0 Å². The Labute approximate surface area is 174 Å². The molecule has 1 atom stereocenters. The SMILES string of the molecule is CCCCCC1CCC(c2ccc(C(OCC)c3c(F)cccc3F)cc2)CC1. The third kappa shape index (κ3) is 5.66. The number of rotatable bonds is 9. The van der Waals surface area contributed by atoms with E-state index in [0.29, 0.717) is 12.5 Å². The highest BCUT2D eigenvalue weighted by Crippen LogP contribution is 2.38. The molecule has 0 bridgehead atoms. The van der Waals surface area contributed by atoms with Crippen molar-refractivity contribution < 1.29 is 13.5 Å². The molecule has 2 aromatic rings. The molecule has 1 unspecified atom stereocenters. The number of halogens is 2. The molecule has 2 aromatic carbocycles. The standard InChI is InChI=1S/C26H34F2O/c1-3-5-6-8-19-11-13-20(14-12-19)21-15-17-22(18-16-21)26(29-4-2)25-23(27)9-7-10-24(25)28/h7,9-10,15-20,26H,3-6,8,11-14H2,1-2H3. The van der Waals surface area contributed by atoms with Gasteiger partial charge in [-0.3, -0.25) is 0 Å². The van der Waals surface area contributed by atoms with Crippen molar-refractivity contribution in [3.63, 3.8) is 0 Å². The molecule has 1 nitrogen and oxygen atoms in total. The third-order valence-electron chi connectivity index (χ3n) is 6.37. The summed E-state index contributed by atoms with van der Waals surface area (Å²) < 4.78 is 34.4. The second-order valence-electron chi connectivity index (χ2n) is 8.35. The quantitative estimate of drug-likeness (QED) is 0.388. The van der Waals surface area contributed by atoms with E-state index in [1.165, 1.54) is 75.1 Å². The molecule has 1 saturated carbocycles. The minimum Gasteiger partial charge on any atom is -0.369 e. The van der Waals surface area contributed by atoms with Crippen LogP contribution in [0.15, 0.2) is 42.5 Å². The van der Waals surface area contributed by atoms with Crippen LogP contribution in [0.25, 0.3) is 0 Å². The number of ether oxygens (including phenoxy) is 1. The molecule has 0 saturated heterocycles. The van der Waals surface area contributed by atoms with Crippen LogP contribution in [-0.4, -0.2) is 6.61 Å². The minimum atomic E-state index is -0.718. The van der Waals surface area contributed by atoms with Crippen molar-refractivity contribution in [2.45, 2.75) is 77.2 Å². The number of unbranched alkanes of at least 4 members (excludes halogenated alkanes) is 2. The normalized spacial score (nSPS) is 20.6. The smallest absolute Gasteiger partial charge is 0.132 e. The first-order chi connectivity index (χ1) is 14.1. The maximum atomic E-state index is 14.3. The van der Waals surface area contributed by atoms with Gasteiger partial charge in [0.1, 0.15) is 17.7 Å². The summed E-state index contributed by atoms with van der Waals surface area (Å²) in [7, 11) is 0. The molecular formula is C26H34F2O. The van der Waals surface area contributed by atoms with Crippen LogP contribution in [0, 0.1) is 17.6 Å². The Morgan fingerprint density at radius 1 is 0.897 bits per heavy atom. The Bertz CT molecular complexity index is 728. The lowest BCUT2D eigenvalue weighted by Crippen LogP contribution is -2.14. The summed E-state index contributed by atoms with van der Waals surface area (Å²) >= 11 is 0. The summed E-state index contributed by atoms with van der Waals surface area (Å²) in [6.45, 7) is 4.50. The highest BCUT2D eigenvalue weighted by molar-refractivity contribution is 5.35. The van der Waals surface area contributed by atoms with Crippen LogP contribution in [0.5, 0.6) is 0 Å². The topological polar surface area (TPSA) is 9.23 Å². The Balaban J connectivity index is 1.67. The fraction of sp³-hybridized carbons (Fsp3) is 0.538. The van der Waals surface area contributed by atoms with Crippen LogP contribution in [0.2, 0.25) is 0 Å². The van der Waals surface area contributed by atoms with Gasteiger partial charge in [0.15, 0.2) is 0 Å². The molecule has 0 aliphatic heterocycles. The predicted molar refractivity (Wildman–Crippen MR) is 115 cm³/mol. The van der Waals surface area contributed by atoms with Crippen LogP contribution < -0.4 is 0 Å². The first kappa shape index (κ1) is 22.0. The van der Waals surface area contributed by atoms with Crippen molar-refractivity contribution in [1.82, 2.24) is 0 Å². The van der Waals surface area contributed by atoms with Crippen molar-refractivity contribution in [1.29, 1.82) is 0 Å². The highest BCUT2D eigenvalue weighted by Gasteiger charge is 2.24. The van der Waals surface area contributed by atoms with E-state index in [1.807, 2.05) is 19.1 Å². The van der Waals surface area contributed by atoms with Crippen molar-refractivity contribution >= 4 is 0 Å². The summed E-state index contributed by atoms with van der Waals surface area (Å²) in [5.41, 5.74) is 2.13. The highest BCUT2D eigenvalue weighted by atomic mass is 19.1. The maximum absolute atomic E-state index is 14.3. The van der Waals surface area contributed by atoms with Gasteiger partial charge in [0, 0.05) is 6.61 Å². The molecule has 1 fully saturated rings. The van der Waals surface area contributed by atoms with E-state index < -0.39 is 17.7 Å². The minimum absolute atomic E-state index is 0.00492. The second kappa shape index (κ2) is 10.9. The Morgan fingerprint density at radius 3 is 2.14 bits per heavy atom. The number of hydrogen-bond donors (Lipinski definition) is 0. The lowest BCUT2D eigenvalue weighted by molar-refractivity contribution is 0.0859. The van der Waals surface area contributed by atoms with Crippen molar-refractivity contribution in [2.75, 3.05) is 6.61 Å². The van der Waals surface area contributed by atoms with Crippen LogP contribution in [-0.2, 0) is 4.74 Å². The summed E-state index contributed by atoms with van der Waals surface area (Å²) in [6.07, 6.45) is 9.79. The van der Waals surface area contributed by atoms with Gasteiger partial charge in [-0.05, 0) is 67.7 Å². The molecule has 158 valence electrons. The summed E-state index contributed by atoms with van der Waals surface area (Å²) in [5, 5.41) is 0. The zero-order valence-electron chi connectivity index (χ0n) is 17.8. The zero-order chi connectivity index (χ0) is 20.6. The van der Waals surface area contributed by atoms with Crippen LogP contribution in [0.3, 0.4) is 0 Å². The Kier molecular flexibility index (Phi) is 8.23. The van der Waals surface area contributed by atoms with Gasteiger partial charge >= 0.3 is 0 Å². The van der Waals surface area contributed by atoms with Crippen LogP contribution in [0.4, 0.5) is 8.78 Å². The molecule has 0 heterocycles. The molecular weight excluding hydrogens is 366 g/mol. The van der Waals surface area contributed by atoms with Gasteiger partial charge in [0.2, 0.25) is 0 Å². The van der Waals surface area contributed by atoms with Crippen LogP contribution >= 0.6 is 0 Å². The Hall–Kier alpha value is -1.74. The number of hydrogen-bond acceptors (Lipinski definition) is 1. The molecule has 0 spiro atoms. The average Bonchev–Trinajstić information content (AvgIpc) is 2.74. The van der Waals surface area contributed by atoms with Crippen molar-refractivity contribution in [3.05, 3.63) is 70.8 Å². The first-order valence-electron chi connectivity index (χ1n) is 11.3. The van der Waals surface area contributed by atoms with E-state index >= 15 is 0 Å². The molecule has 0 N–H and O–H groups in total. The molecule has 0 aromatic heterocycles. The molecule has 1 aliphatic carbocycles. The third-order valence-corrected chi connectivity index (χ3v) is 6.37. The Morgan fingerprint density at radius 2 is 1.55 bits per heavy atom. The summed E-state index contributed by atoms with van der Waals surface area (Å²) in [4.78, 5) is 0. The largest absolute Gasteiger partial charge is 0.369 e. The molecule has 1 aliphatic rings. The second-order valence-corrected chi connectivity index (χ2v) is 8.35. The van der Waals surface area contributed by atoms with Gasteiger partial charge in [-0.15, -0.1) is 0 Å². The van der Waals surface area contributed by atoms with Gasteiger partial charge in [-0.2, -0.15) is 0 Å². The molecule has 3 heteroatoms. The van der Waals surface area contributed by atoms with Gasteiger partial charge in [0.05, 0.1) is 5.56 Å². The van der Waals surface area contributed by atoms with Crippen molar-refractivity contribution in [3.8, 4) is 0 Å². The van der Waals surface area contributed by atoms with Crippen LogP contribution in [0.1, 0.15) is 93.9 Å². The van der Waals surface area contributed by atoms with E-state index in [9.17, 15) is 8.78 Å². The van der Waals surface area contributed by atoms with E-state index in [0.717, 1.165) is 11.5 Å². The lowest BCUT2D eigenvalue weighted by atomic mass is 9.77. The van der Waals surface area contributed by atoms with E-state index in [2.05, 4.69) is 19.1 Å². The van der Waals surface area contributed by atoms with Gasteiger partial charge < -0.3 is 4.74 Å². The monoisotopic (exact) mass is 400 g/mol. The van der Waals surface area contributed by atoms with E-state index in [4.69, 9.17) is 4.74 Å². The summed E-state index contributed by atoms with van der Waals surface area (Å²) in [5.74, 6) is 0.369. The maximum Gasteiger partial charge on any atom is 0.132 e.